The molecule has 0 atom stereocenters. The normalized spacial score (nSPS) is 18.3. The van der Waals surface area contributed by atoms with Gasteiger partial charge in [-0.3, -0.25) is 4.79 Å². The zero-order chi connectivity index (χ0) is 22.2. The third-order valence-corrected chi connectivity index (χ3v) is 6.65. The minimum absolute atomic E-state index is 0.0373. The summed E-state index contributed by atoms with van der Waals surface area (Å²) in [5, 5.41) is 8.08. The molecule has 1 aromatic carbocycles. The monoisotopic (exact) mass is 433 g/mol. The number of rotatable bonds is 2. The number of nitrogens with two attached hydrogens (primary N) is 1. The van der Waals surface area contributed by atoms with E-state index in [0.29, 0.717) is 30.9 Å². The molecule has 0 fully saturated rings. The smallest absolute Gasteiger partial charge is 0.254 e. The van der Waals surface area contributed by atoms with Gasteiger partial charge < -0.3 is 10.3 Å². The average Bonchev–Trinajstić information content (AvgIpc) is 3.60. The summed E-state index contributed by atoms with van der Waals surface area (Å²) >= 11 is 0. The van der Waals surface area contributed by atoms with Crippen LogP contribution in [0.2, 0.25) is 0 Å². The topological polar surface area (TPSA) is 84.1 Å². The van der Waals surface area contributed by atoms with Crippen molar-refractivity contribution in [2.75, 3.05) is 12.0 Å². The first-order valence-electron chi connectivity index (χ1n) is 12.1. The first-order valence-corrected chi connectivity index (χ1v) is 12.1. The van der Waals surface area contributed by atoms with E-state index in [1.165, 1.54) is 64.2 Å². The van der Waals surface area contributed by atoms with Crippen LogP contribution in [0.5, 0.6) is 0 Å². The van der Waals surface area contributed by atoms with E-state index in [0.717, 1.165) is 11.3 Å². The highest BCUT2D eigenvalue weighted by Gasteiger charge is 2.23. The summed E-state index contributed by atoms with van der Waals surface area (Å²) in [4.78, 5) is 14.2. The number of carbonyl (C=O) groups excluding carboxylic acids is 1. The molecule has 2 heterocycles. The number of nitrogens with zero attached hydrogens (tertiary/aromatic N) is 3. The predicted molar refractivity (Wildman–Crippen MR) is 128 cm³/mol. The number of carbonyl (C=O) groups is 1. The molecule has 0 radical (unpaired) electrons. The number of hydrogen-bond donors (Lipinski definition) is 2. The Kier molecular flexibility index (Phi) is 7.88. The Morgan fingerprint density at radius 3 is 2.19 bits per heavy atom. The maximum absolute atomic E-state index is 12.4. The van der Waals surface area contributed by atoms with Gasteiger partial charge in [-0.05, 0) is 55.9 Å². The summed E-state index contributed by atoms with van der Waals surface area (Å²) in [6, 6.07) is 11.1. The van der Waals surface area contributed by atoms with Crippen LogP contribution in [0.15, 0.2) is 47.5 Å². The Bertz CT molecular complexity index is 922. The largest absolute Gasteiger partial charge is 0.334 e. The molecule has 3 aliphatic rings. The van der Waals surface area contributed by atoms with E-state index in [4.69, 9.17) is 5.84 Å². The summed E-state index contributed by atoms with van der Waals surface area (Å²) in [7, 11) is 0. The first kappa shape index (κ1) is 22.5. The highest BCUT2D eigenvalue weighted by atomic mass is 16.2. The molecule has 3 N–H and O–H groups in total. The van der Waals surface area contributed by atoms with Crippen molar-refractivity contribution in [3.8, 4) is 0 Å². The highest BCUT2D eigenvalue weighted by Crippen LogP contribution is 2.39. The number of amides is 1. The van der Waals surface area contributed by atoms with Crippen LogP contribution in [-0.4, -0.2) is 27.5 Å². The third-order valence-electron chi connectivity index (χ3n) is 6.65. The molecule has 5 rings (SSSR count). The molecule has 170 valence electrons. The van der Waals surface area contributed by atoms with Crippen LogP contribution in [0.1, 0.15) is 85.8 Å². The molecular weight excluding hydrogens is 398 g/mol. The molecule has 6 heteroatoms. The van der Waals surface area contributed by atoms with Crippen molar-refractivity contribution >= 4 is 11.7 Å². The minimum Gasteiger partial charge on any atom is -0.334 e. The van der Waals surface area contributed by atoms with Crippen LogP contribution in [0.3, 0.4) is 0 Å². The van der Waals surface area contributed by atoms with Crippen molar-refractivity contribution in [3.63, 3.8) is 0 Å². The standard InChI is InChI=1S/C14H15N5O.C12H20/c15-16-13-8-11-9-19(7-6-12(11)17-18-13)14(20)10-4-2-1-3-5-10;1-2-4-6-8-11-10-12(11)9-7-5-3-1/h1-5,8H,6-7,9,15H2,(H,16,18);1-10H2. The molecule has 0 saturated carbocycles. The molecule has 2 aromatic rings. The zero-order valence-electron chi connectivity index (χ0n) is 19.0. The molecule has 0 unspecified atom stereocenters. The fourth-order valence-electron chi connectivity index (χ4n) is 4.64. The van der Waals surface area contributed by atoms with Gasteiger partial charge in [0.15, 0.2) is 5.82 Å². The summed E-state index contributed by atoms with van der Waals surface area (Å²) in [5.41, 5.74) is 8.76. The quantitative estimate of drug-likeness (QED) is 0.388. The van der Waals surface area contributed by atoms with Gasteiger partial charge in [-0.1, -0.05) is 61.4 Å². The number of aromatic nitrogens is 2. The van der Waals surface area contributed by atoms with E-state index >= 15 is 0 Å². The number of nitrogen functional groups attached to an aromatic ring is 1. The van der Waals surface area contributed by atoms with Crippen LogP contribution in [0.25, 0.3) is 0 Å². The van der Waals surface area contributed by atoms with Crippen molar-refractivity contribution in [3.05, 3.63) is 64.4 Å². The average molecular weight is 434 g/mol. The van der Waals surface area contributed by atoms with Gasteiger partial charge in [0.1, 0.15) is 0 Å². The van der Waals surface area contributed by atoms with Gasteiger partial charge in [0.2, 0.25) is 0 Å². The van der Waals surface area contributed by atoms with Gasteiger partial charge in [0.05, 0.1) is 5.69 Å². The fourth-order valence-corrected chi connectivity index (χ4v) is 4.64. The third kappa shape index (κ3) is 6.16. The lowest BCUT2D eigenvalue weighted by Gasteiger charge is -2.28. The second-order valence-corrected chi connectivity index (χ2v) is 9.05. The minimum atomic E-state index is 0.0373. The molecule has 1 aromatic heterocycles. The van der Waals surface area contributed by atoms with E-state index in [1.807, 2.05) is 52.4 Å². The van der Waals surface area contributed by atoms with Crippen LogP contribution in [-0.2, 0) is 13.0 Å². The molecular formula is C26H35N5O. The summed E-state index contributed by atoms with van der Waals surface area (Å²) in [5.74, 6) is 5.88. The lowest BCUT2D eigenvalue weighted by Crippen LogP contribution is -2.36. The molecule has 32 heavy (non-hydrogen) atoms. The van der Waals surface area contributed by atoms with Gasteiger partial charge in [-0.15, -0.1) is 5.10 Å². The highest BCUT2D eigenvalue weighted by molar-refractivity contribution is 5.94. The summed E-state index contributed by atoms with van der Waals surface area (Å²) < 4.78 is 0. The van der Waals surface area contributed by atoms with Gasteiger partial charge in [-0.2, -0.15) is 5.10 Å². The van der Waals surface area contributed by atoms with Crippen molar-refractivity contribution in [1.29, 1.82) is 0 Å². The lowest BCUT2D eigenvalue weighted by atomic mass is 10.1. The number of allylic oxidation sites excluding steroid dienone is 2. The molecule has 0 saturated heterocycles. The van der Waals surface area contributed by atoms with Crippen LogP contribution < -0.4 is 11.3 Å². The molecule has 1 aliphatic heterocycles. The van der Waals surface area contributed by atoms with Gasteiger partial charge in [0, 0.05) is 25.1 Å². The molecule has 6 nitrogen and oxygen atoms in total. The van der Waals surface area contributed by atoms with E-state index in [9.17, 15) is 4.79 Å². The summed E-state index contributed by atoms with van der Waals surface area (Å²) in [6.07, 6.45) is 15.4. The fraction of sp³-hybridized carbons (Fsp3) is 0.500. The van der Waals surface area contributed by atoms with Crippen LogP contribution >= 0.6 is 0 Å². The number of anilines is 1. The Hall–Kier alpha value is -2.73. The van der Waals surface area contributed by atoms with E-state index in [2.05, 4.69) is 15.6 Å². The molecule has 0 bridgehead atoms. The summed E-state index contributed by atoms with van der Waals surface area (Å²) in [6.45, 7) is 1.19. The van der Waals surface area contributed by atoms with E-state index < -0.39 is 0 Å². The zero-order valence-corrected chi connectivity index (χ0v) is 19.0. The number of hydrazine groups is 1. The van der Waals surface area contributed by atoms with Crippen molar-refractivity contribution < 1.29 is 4.79 Å². The number of benzene rings is 1. The van der Waals surface area contributed by atoms with E-state index in [-0.39, 0.29) is 5.91 Å². The van der Waals surface area contributed by atoms with Gasteiger partial charge in [0.25, 0.3) is 5.91 Å². The molecule has 1 amide bonds. The van der Waals surface area contributed by atoms with Gasteiger partial charge in [-0.25, -0.2) is 5.84 Å². The maximum atomic E-state index is 12.4. The van der Waals surface area contributed by atoms with Crippen molar-refractivity contribution in [1.82, 2.24) is 15.1 Å². The Balaban J connectivity index is 0.000000174. The van der Waals surface area contributed by atoms with Gasteiger partial charge >= 0.3 is 0 Å². The van der Waals surface area contributed by atoms with Crippen LogP contribution in [0.4, 0.5) is 5.82 Å². The molecule has 0 spiro atoms. The number of fused-ring (bicyclic) bond motifs is 1. The van der Waals surface area contributed by atoms with Crippen molar-refractivity contribution in [2.45, 2.75) is 77.2 Å². The second kappa shape index (κ2) is 11.2. The number of hydrogen-bond acceptors (Lipinski definition) is 5. The van der Waals surface area contributed by atoms with Crippen molar-refractivity contribution in [2.24, 2.45) is 5.84 Å². The Morgan fingerprint density at radius 1 is 0.875 bits per heavy atom. The van der Waals surface area contributed by atoms with E-state index in [1.54, 1.807) is 0 Å². The van der Waals surface area contributed by atoms with Crippen LogP contribution in [0, 0.1) is 0 Å². The second-order valence-electron chi connectivity index (χ2n) is 9.05. The lowest BCUT2D eigenvalue weighted by molar-refractivity contribution is 0.0733. The Morgan fingerprint density at radius 2 is 1.53 bits per heavy atom. The first-order chi connectivity index (χ1) is 15.7. The predicted octanol–water partition coefficient (Wildman–Crippen LogP) is 5.17. The SMILES string of the molecule is C1CCCCC2=C(CCCC1)C2.NNc1cc2c(nn1)CCN(C(=O)c1ccccc1)C2. The molecule has 2 aliphatic carbocycles. The maximum Gasteiger partial charge on any atom is 0.254 e. The number of nitrogens with one attached hydrogen (secondary N) is 1. The Labute approximate surface area is 191 Å².